The molecular formula is C29H36ClN5O2S2. The van der Waals surface area contributed by atoms with Crippen molar-refractivity contribution in [2.45, 2.75) is 63.6 Å². The van der Waals surface area contributed by atoms with Crippen LogP contribution in [0, 0.1) is 13.8 Å². The van der Waals surface area contributed by atoms with E-state index in [2.05, 4.69) is 48.8 Å². The van der Waals surface area contributed by atoms with Gasteiger partial charge in [-0.05, 0) is 86.7 Å². The molecule has 1 unspecified atom stereocenters. The van der Waals surface area contributed by atoms with Crippen molar-refractivity contribution < 1.29 is 9.59 Å². The van der Waals surface area contributed by atoms with Crippen LogP contribution in [0.5, 0.6) is 0 Å². The highest BCUT2D eigenvalue weighted by molar-refractivity contribution is 8.00. The first-order chi connectivity index (χ1) is 18.8. The minimum absolute atomic E-state index is 0.115. The lowest BCUT2D eigenvalue weighted by atomic mass is 10.00. The lowest BCUT2D eigenvalue weighted by molar-refractivity contribution is -0.132. The van der Waals surface area contributed by atoms with E-state index in [-0.39, 0.29) is 17.9 Å². The Labute approximate surface area is 244 Å². The van der Waals surface area contributed by atoms with Crippen LogP contribution in [-0.2, 0) is 11.3 Å². The maximum atomic E-state index is 13.4. The second kappa shape index (κ2) is 14.3. The van der Waals surface area contributed by atoms with Gasteiger partial charge in [-0.2, -0.15) is 11.3 Å². The number of carbonyl (C=O) groups excluding carboxylic acids is 2. The Morgan fingerprint density at radius 3 is 2.49 bits per heavy atom. The lowest BCUT2D eigenvalue weighted by Crippen LogP contribution is -2.49. The Hall–Kier alpha value is -2.46. The van der Waals surface area contributed by atoms with Gasteiger partial charge in [-0.1, -0.05) is 11.6 Å². The summed E-state index contributed by atoms with van der Waals surface area (Å²) in [6.45, 7) is 8.99. The van der Waals surface area contributed by atoms with Gasteiger partial charge in [0.05, 0.1) is 22.7 Å². The molecule has 1 saturated heterocycles. The molecule has 1 aliphatic rings. The minimum atomic E-state index is -0.115. The Balaban J connectivity index is 1.28. The smallest absolute Gasteiger partial charge is 0.254 e. The first-order valence-corrected chi connectivity index (χ1v) is 15.6. The van der Waals surface area contributed by atoms with E-state index in [1.54, 1.807) is 23.1 Å². The molecule has 3 heterocycles. The number of thioether (sulfide) groups is 1. The molecule has 1 N–H and O–H groups in total. The second-order valence-corrected chi connectivity index (χ2v) is 12.2. The van der Waals surface area contributed by atoms with Crippen LogP contribution in [0.25, 0.3) is 0 Å². The van der Waals surface area contributed by atoms with Gasteiger partial charge in [0.25, 0.3) is 5.91 Å². The van der Waals surface area contributed by atoms with Gasteiger partial charge in [0, 0.05) is 48.2 Å². The predicted octanol–water partition coefficient (Wildman–Crippen LogP) is 5.60. The van der Waals surface area contributed by atoms with E-state index in [1.165, 1.54) is 11.9 Å². The zero-order chi connectivity index (χ0) is 27.8. The number of hydrogen-bond donors (Lipinski definition) is 1. The van der Waals surface area contributed by atoms with Crippen LogP contribution in [0.2, 0.25) is 5.02 Å². The molecule has 0 bridgehead atoms. The molecule has 2 amide bonds. The molecule has 1 atom stereocenters. The molecule has 1 fully saturated rings. The minimum Gasteiger partial charge on any atom is -0.352 e. The SMILES string of the molecule is Cc1ncnc(C)c1C(=O)NCCC(C)N1CCC(N(Cc2ccsc2)C(=O)CSc2ccc(Cl)cc2)CC1. The number of benzene rings is 1. The third-order valence-corrected chi connectivity index (χ3v) is 9.27. The fraction of sp³-hybridized carbons (Fsp3) is 0.448. The van der Waals surface area contributed by atoms with Crippen molar-refractivity contribution in [2.75, 3.05) is 25.4 Å². The molecule has 208 valence electrons. The second-order valence-electron chi connectivity index (χ2n) is 9.98. The Kier molecular flexibility index (Phi) is 10.8. The van der Waals surface area contributed by atoms with Crippen LogP contribution in [0.3, 0.4) is 0 Å². The van der Waals surface area contributed by atoms with Crippen LogP contribution < -0.4 is 5.32 Å². The van der Waals surface area contributed by atoms with Crippen LogP contribution in [0.1, 0.15) is 53.5 Å². The summed E-state index contributed by atoms with van der Waals surface area (Å²) < 4.78 is 0. The zero-order valence-corrected chi connectivity index (χ0v) is 25.1. The van der Waals surface area contributed by atoms with Gasteiger partial charge in [-0.25, -0.2) is 9.97 Å². The number of carbonyl (C=O) groups is 2. The average Bonchev–Trinajstić information content (AvgIpc) is 3.45. The summed E-state index contributed by atoms with van der Waals surface area (Å²) in [5.74, 6) is 0.467. The van der Waals surface area contributed by atoms with Gasteiger partial charge in [-0.3, -0.25) is 9.59 Å². The number of nitrogens with zero attached hydrogens (tertiary/aromatic N) is 4. The molecule has 0 aliphatic carbocycles. The van der Waals surface area contributed by atoms with E-state index in [4.69, 9.17) is 11.6 Å². The van der Waals surface area contributed by atoms with Crippen molar-refractivity contribution >= 4 is 46.5 Å². The van der Waals surface area contributed by atoms with E-state index in [0.717, 1.165) is 37.2 Å². The topological polar surface area (TPSA) is 78.4 Å². The molecule has 10 heteroatoms. The van der Waals surface area contributed by atoms with E-state index in [1.807, 2.05) is 38.1 Å². The Morgan fingerprint density at radius 2 is 1.85 bits per heavy atom. The number of hydrogen-bond acceptors (Lipinski definition) is 7. The van der Waals surface area contributed by atoms with Crippen LogP contribution in [0.4, 0.5) is 0 Å². The van der Waals surface area contributed by atoms with Crippen LogP contribution in [-0.4, -0.2) is 69.1 Å². The highest BCUT2D eigenvalue weighted by Crippen LogP contribution is 2.25. The quantitative estimate of drug-likeness (QED) is 0.295. The number of halogens is 1. The molecule has 0 saturated carbocycles. The molecule has 0 radical (unpaired) electrons. The van der Waals surface area contributed by atoms with E-state index < -0.39 is 0 Å². The maximum absolute atomic E-state index is 13.4. The maximum Gasteiger partial charge on any atom is 0.254 e. The summed E-state index contributed by atoms with van der Waals surface area (Å²) in [7, 11) is 0. The molecule has 3 aromatic rings. The average molecular weight is 586 g/mol. The number of piperidine rings is 1. The van der Waals surface area contributed by atoms with E-state index in [9.17, 15) is 9.59 Å². The summed E-state index contributed by atoms with van der Waals surface area (Å²) in [5, 5.41) is 7.93. The summed E-state index contributed by atoms with van der Waals surface area (Å²) in [4.78, 5) is 40.0. The van der Waals surface area contributed by atoms with E-state index in [0.29, 0.717) is 46.9 Å². The van der Waals surface area contributed by atoms with Gasteiger partial charge in [0.1, 0.15) is 6.33 Å². The normalized spacial score (nSPS) is 15.2. The van der Waals surface area contributed by atoms with Crippen molar-refractivity contribution in [2.24, 2.45) is 0 Å². The highest BCUT2D eigenvalue weighted by Gasteiger charge is 2.29. The number of rotatable bonds is 11. The largest absolute Gasteiger partial charge is 0.352 e. The van der Waals surface area contributed by atoms with Gasteiger partial charge in [-0.15, -0.1) is 11.8 Å². The monoisotopic (exact) mass is 585 g/mol. The standard InChI is InChI=1S/C29H36ClN5O2S2/c1-20(8-12-31-29(37)28-21(2)32-19-33-22(28)3)34-13-9-25(10-14-34)35(16-23-11-15-38-17-23)27(36)18-39-26-6-4-24(30)5-7-26/h4-7,11,15,17,19-20,25H,8-10,12-14,16,18H2,1-3H3,(H,31,37). The van der Waals surface area contributed by atoms with Crippen LogP contribution in [0.15, 0.2) is 52.3 Å². The number of aromatic nitrogens is 2. The van der Waals surface area contributed by atoms with Crippen molar-refractivity contribution in [1.82, 2.24) is 25.1 Å². The number of likely N-dealkylation sites (tertiary alicyclic amines) is 1. The van der Waals surface area contributed by atoms with Crippen molar-refractivity contribution in [3.63, 3.8) is 0 Å². The number of thiophene rings is 1. The highest BCUT2D eigenvalue weighted by atomic mass is 35.5. The van der Waals surface area contributed by atoms with Crippen LogP contribution >= 0.6 is 34.7 Å². The van der Waals surface area contributed by atoms with Gasteiger partial charge in [0.2, 0.25) is 5.91 Å². The third kappa shape index (κ3) is 8.27. The first-order valence-electron chi connectivity index (χ1n) is 13.3. The van der Waals surface area contributed by atoms with E-state index >= 15 is 0 Å². The number of aryl methyl sites for hydroxylation is 2. The lowest BCUT2D eigenvalue weighted by Gasteiger charge is -2.41. The summed E-state index contributed by atoms with van der Waals surface area (Å²) in [6, 6.07) is 10.3. The molecule has 39 heavy (non-hydrogen) atoms. The molecule has 2 aromatic heterocycles. The van der Waals surface area contributed by atoms with Crippen molar-refractivity contribution in [1.29, 1.82) is 0 Å². The summed E-state index contributed by atoms with van der Waals surface area (Å²) in [6.07, 6.45) is 4.23. The molecule has 4 rings (SSSR count). The predicted molar refractivity (Wildman–Crippen MR) is 160 cm³/mol. The molecule has 0 spiro atoms. The molecule has 1 aliphatic heterocycles. The molecule has 7 nitrogen and oxygen atoms in total. The Morgan fingerprint density at radius 1 is 1.15 bits per heavy atom. The van der Waals surface area contributed by atoms with Crippen molar-refractivity contribution in [3.8, 4) is 0 Å². The third-order valence-electron chi connectivity index (χ3n) is 7.29. The first kappa shape index (κ1) is 29.5. The summed E-state index contributed by atoms with van der Waals surface area (Å²) in [5.41, 5.74) is 3.15. The summed E-state index contributed by atoms with van der Waals surface area (Å²) >= 11 is 9.23. The van der Waals surface area contributed by atoms with Gasteiger partial charge >= 0.3 is 0 Å². The molecule has 1 aromatic carbocycles. The van der Waals surface area contributed by atoms with Gasteiger partial charge in [0.15, 0.2) is 0 Å². The van der Waals surface area contributed by atoms with Crippen molar-refractivity contribution in [3.05, 3.63) is 75.0 Å². The fourth-order valence-corrected chi connectivity index (χ4v) is 6.55. The number of amides is 2. The van der Waals surface area contributed by atoms with Gasteiger partial charge < -0.3 is 15.1 Å². The number of nitrogens with one attached hydrogen (secondary N) is 1. The Bertz CT molecular complexity index is 1210. The fourth-order valence-electron chi connectivity index (χ4n) is 4.98. The molecular weight excluding hydrogens is 550 g/mol. The zero-order valence-electron chi connectivity index (χ0n) is 22.7.